The number of anilines is 2. The van der Waals surface area contributed by atoms with Gasteiger partial charge in [-0.2, -0.15) is 4.98 Å². The van der Waals surface area contributed by atoms with Crippen LogP contribution in [0.1, 0.15) is 22.5 Å². The van der Waals surface area contributed by atoms with Crippen LogP contribution < -0.4 is 15.0 Å². The molecule has 1 aliphatic heterocycles. The third kappa shape index (κ3) is 5.17. The lowest BCUT2D eigenvalue weighted by molar-refractivity contribution is 0.0195. The number of thiazole rings is 1. The Morgan fingerprint density at radius 1 is 1.16 bits per heavy atom. The van der Waals surface area contributed by atoms with Gasteiger partial charge in [-0.25, -0.2) is 19.3 Å². The molecule has 0 saturated carbocycles. The van der Waals surface area contributed by atoms with E-state index in [1.807, 2.05) is 11.8 Å². The average molecular weight is 544 g/mol. The second-order valence-corrected chi connectivity index (χ2v) is 9.80. The van der Waals surface area contributed by atoms with Crippen molar-refractivity contribution in [1.82, 2.24) is 24.9 Å². The van der Waals surface area contributed by atoms with Gasteiger partial charge in [-0.15, -0.1) is 0 Å². The van der Waals surface area contributed by atoms with E-state index < -0.39 is 18.2 Å². The maximum absolute atomic E-state index is 14.4. The highest BCUT2D eigenvalue weighted by atomic mass is 35.5. The highest BCUT2D eigenvalue weighted by molar-refractivity contribution is 7.21. The zero-order chi connectivity index (χ0) is 26.1. The van der Waals surface area contributed by atoms with E-state index in [4.69, 9.17) is 21.1 Å². The highest BCUT2D eigenvalue weighted by Gasteiger charge is 2.30. The number of fused-ring (bicyclic) bond motifs is 1. The average Bonchev–Trinajstić information content (AvgIpc) is 3.29. The summed E-state index contributed by atoms with van der Waals surface area (Å²) < 4.78 is 25.0. The zero-order valence-electron chi connectivity index (χ0n) is 20.2. The number of ether oxygens (including phenoxy) is 2. The van der Waals surface area contributed by atoms with Gasteiger partial charge in [-0.05, 0) is 25.5 Å². The van der Waals surface area contributed by atoms with Crippen LogP contribution in [-0.4, -0.2) is 70.4 Å². The standard InChI is InChI=1S/C24H23ClFN7O3S/c1-12-6-13(14-7-19(25)28-9-18(14)36-3)15(8-27-12)22(34)32-24-31-21-23(37-24)30-20(10-29-21)33-5-4-17(35-2)16(26)11-33/h6-10,16-17H,4-5,11H2,1-3H3,(H,29,31,32,34)/t16-,17-/m0/s1. The minimum absolute atomic E-state index is 0.173. The predicted molar refractivity (Wildman–Crippen MR) is 139 cm³/mol. The van der Waals surface area contributed by atoms with Crippen LogP contribution in [0.15, 0.2) is 30.7 Å². The summed E-state index contributed by atoms with van der Waals surface area (Å²) in [5.41, 5.74) is 2.61. The summed E-state index contributed by atoms with van der Waals surface area (Å²) in [5.74, 6) is 0.603. The van der Waals surface area contributed by atoms with Gasteiger partial charge in [-0.3, -0.25) is 15.1 Å². The first kappa shape index (κ1) is 25.2. The van der Waals surface area contributed by atoms with Gasteiger partial charge in [0.15, 0.2) is 15.6 Å². The third-order valence-corrected chi connectivity index (χ3v) is 7.13. The van der Waals surface area contributed by atoms with E-state index >= 15 is 0 Å². The molecule has 0 bridgehead atoms. The van der Waals surface area contributed by atoms with E-state index in [2.05, 4.69) is 30.2 Å². The lowest BCUT2D eigenvalue weighted by atomic mass is 10.0. The second-order valence-electron chi connectivity index (χ2n) is 8.43. The van der Waals surface area contributed by atoms with Crippen molar-refractivity contribution in [2.75, 3.05) is 37.5 Å². The molecule has 2 atom stereocenters. The Hall–Kier alpha value is -3.48. The number of halogens is 2. The van der Waals surface area contributed by atoms with Gasteiger partial charge in [0.05, 0.1) is 37.7 Å². The monoisotopic (exact) mass is 543 g/mol. The van der Waals surface area contributed by atoms with Gasteiger partial charge in [0, 0.05) is 36.7 Å². The molecule has 1 amide bonds. The number of rotatable bonds is 6. The van der Waals surface area contributed by atoms with Gasteiger partial charge < -0.3 is 14.4 Å². The van der Waals surface area contributed by atoms with Gasteiger partial charge in [0.2, 0.25) is 0 Å². The molecule has 1 saturated heterocycles. The molecule has 4 aromatic rings. The Morgan fingerprint density at radius 2 is 2.00 bits per heavy atom. The molecule has 192 valence electrons. The number of amides is 1. The van der Waals surface area contributed by atoms with Crippen LogP contribution >= 0.6 is 22.9 Å². The summed E-state index contributed by atoms with van der Waals surface area (Å²) in [7, 11) is 3.04. The fourth-order valence-corrected chi connectivity index (χ4v) is 5.14. The van der Waals surface area contributed by atoms with E-state index in [9.17, 15) is 9.18 Å². The maximum atomic E-state index is 14.4. The molecule has 0 aromatic carbocycles. The molecular formula is C24H23ClFN7O3S. The first-order chi connectivity index (χ1) is 17.9. The summed E-state index contributed by atoms with van der Waals surface area (Å²) in [4.78, 5) is 37.4. The molecular weight excluding hydrogens is 521 g/mol. The van der Waals surface area contributed by atoms with E-state index in [-0.39, 0.29) is 11.7 Å². The highest BCUT2D eigenvalue weighted by Crippen LogP contribution is 2.34. The number of alkyl halides is 1. The van der Waals surface area contributed by atoms with Crippen molar-refractivity contribution in [3.05, 3.63) is 47.1 Å². The summed E-state index contributed by atoms with van der Waals surface area (Å²) in [5, 5.41) is 3.41. The molecule has 0 spiro atoms. The van der Waals surface area contributed by atoms with E-state index in [0.717, 1.165) is 0 Å². The lowest BCUT2D eigenvalue weighted by Gasteiger charge is -2.34. The molecule has 1 aliphatic rings. The minimum atomic E-state index is -1.11. The van der Waals surface area contributed by atoms with Crippen molar-refractivity contribution in [2.45, 2.75) is 25.6 Å². The fourth-order valence-electron chi connectivity index (χ4n) is 4.19. The Bertz CT molecular complexity index is 1470. The molecule has 0 radical (unpaired) electrons. The van der Waals surface area contributed by atoms with Gasteiger partial charge in [0.1, 0.15) is 22.9 Å². The van der Waals surface area contributed by atoms with Crippen molar-refractivity contribution in [3.8, 4) is 16.9 Å². The largest absolute Gasteiger partial charge is 0.494 e. The Kier molecular flexibility index (Phi) is 7.13. The first-order valence-electron chi connectivity index (χ1n) is 11.4. The quantitative estimate of drug-likeness (QED) is 0.355. The van der Waals surface area contributed by atoms with E-state index in [0.29, 0.717) is 62.5 Å². The molecule has 10 nitrogen and oxygen atoms in total. The Labute approximate surface area is 220 Å². The number of pyridine rings is 2. The SMILES string of the molecule is COc1cnc(Cl)cc1-c1cc(C)ncc1C(=O)Nc1nc2ncc(N3CC[C@H](OC)[C@@H](F)C3)nc2s1. The van der Waals surface area contributed by atoms with Gasteiger partial charge in [0.25, 0.3) is 5.91 Å². The summed E-state index contributed by atoms with van der Waals surface area (Å²) in [6.07, 6.45) is 3.59. The molecule has 4 aromatic heterocycles. The fraction of sp³-hybridized carbons (Fsp3) is 0.333. The summed E-state index contributed by atoms with van der Waals surface area (Å²) in [6.45, 7) is 2.60. The van der Waals surface area contributed by atoms with Crippen molar-refractivity contribution >= 4 is 50.3 Å². The Morgan fingerprint density at radius 3 is 2.76 bits per heavy atom. The van der Waals surface area contributed by atoms with Crippen LogP contribution in [0.25, 0.3) is 21.6 Å². The molecule has 0 unspecified atom stereocenters. The first-order valence-corrected chi connectivity index (χ1v) is 12.6. The van der Waals surface area contributed by atoms with Crippen molar-refractivity contribution in [3.63, 3.8) is 0 Å². The molecule has 5 heterocycles. The number of carbonyl (C=O) groups excluding carboxylic acids is 1. The molecule has 5 rings (SSSR count). The number of carbonyl (C=O) groups is 1. The van der Waals surface area contributed by atoms with Crippen LogP contribution in [0, 0.1) is 6.92 Å². The number of aryl methyl sites for hydroxylation is 1. The maximum Gasteiger partial charge on any atom is 0.259 e. The lowest BCUT2D eigenvalue weighted by Crippen LogP contribution is -2.45. The van der Waals surface area contributed by atoms with Crippen LogP contribution in [0.4, 0.5) is 15.3 Å². The summed E-state index contributed by atoms with van der Waals surface area (Å²) in [6, 6.07) is 3.41. The van der Waals surface area contributed by atoms with Crippen LogP contribution in [-0.2, 0) is 4.74 Å². The summed E-state index contributed by atoms with van der Waals surface area (Å²) >= 11 is 7.31. The molecule has 0 aliphatic carbocycles. The zero-order valence-corrected chi connectivity index (χ0v) is 21.8. The Balaban J connectivity index is 1.41. The topological polar surface area (TPSA) is 115 Å². The number of hydrogen-bond donors (Lipinski definition) is 1. The van der Waals surface area contributed by atoms with Gasteiger partial charge >= 0.3 is 0 Å². The van der Waals surface area contributed by atoms with Crippen LogP contribution in [0.3, 0.4) is 0 Å². The number of hydrogen-bond acceptors (Lipinski definition) is 10. The van der Waals surface area contributed by atoms with Crippen molar-refractivity contribution in [1.29, 1.82) is 0 Å². The minimum Gasteiger partial charge on any atom is -0.494 e. The van der Waals surface area contributed by atoms with Crippen LogP contribution in [0.5, 0.6) is 5.75 Å². The number of nitrogens with one attached hydrogen (secondary N) is 1. The molecule has 13 heteroatoms. The molecule has 1 N–H and O–H groups in total. The van der Waals surface area contributed by atoms with E-state index in [1.54, 1.807) is 18.3 Å². The third-order valence-electron chi connectivity index (χ3n) is 6.07. The van der Waals surface area contributed by atoms with Crippen LogP contribution in [0.2, 0.25) is 5.15 Å². The normalized spacial score (nSPS) is 17.7. The molecule has 1 fully saturated rings. The smallest absolute Gasteiger partial charge is 0.259 e. The number of aromatic nitrogens is 5. The van der Waals surface area contributed by atoms with Crippen molar-refractivity contribution in [2.24, 2.45) is 0 Å². The second kappa shape index (κ2) is 10.5. The van der Waals surface area contributed by atoms with Gasteiger partial charge in [-0.1, -0.05) is 22.9 Å². The van der Waals surface area contributed by atoms with E-state index in [1.165, 1.54) is 38.0 Å². The predicted octanol–water partition coefficient (Wildman–Crippen LogP) is 4.33. The number of nitrogens with zero attached hydrogens (tertiary/aromatic N) is 6. The van der Waals surface area contributed by atoms with Crippen molar-refractivity contribution < 1.29 is 18.7 Å². The molecule has 37 heavy (non-hydrogen) atoms. The number of methoxy groups -OCH3 is 2. The number of piperidine rings is 1.